The molecule has 0 spiro atoms. The number of unbranched alkanes of at least 4 members (excludes halogenated alkanes) is 2. The van der Waals surface area contributed by atoms with E-state index in [-0.39, 0.29) is 0 Å². The van der Waals surface area contributed by atoms with E-state index < -0.39 is 0 Å². The molecule has 0 atom stereocenters. The van der Waals surface area contributed by atoms with Crippen molar-refractivity contribution in [2.75, 3.05) is 6.61 Å². The van der Waals surface area contributed by atoms with Gasteiger partial charge in [-0.1, -0.05) is 25.8 Å². The van der Waals surface area contributed by atoms with E-state index in [1.54, 1.807) is 6.20 Å². The number of nitrogens with zero attached hydrogens (tertiary/aromatic N) is 2. The maximum atomic E-state index is 8.79. The van der Waals surface area contributed by atoms with Gasteiger partial charge in [-0.05, 0) is 12.5 Å². The quantitative estimate of drug-likeness (QED) is 0.669. The van der Waals surface area contributed by atoms with E-state index in [0.717, 1.165) is 18.6 Å². The first kappa shape index (κ1) is 11.7. The van der Waals surface area contributed by atoms with E-state index in [1.165, 1.54) is 12.8 Å². The minimum atomic E-state index is 0.466. The number of nitriles is 1. The molecule has 0 bridgehead atoms. The fourth-order valence-electron chi connectivity index (χ4n) is 1.29. The summed E-state index contributed by atoms with van der Waals surface area (Å²) in [5.41, 5.74) is 1.34. The van der Waals surface area contributed by atoms with Crippen LogP contribution in [0, 0.1) is 11.3 Å². The molecule has 0 saturated carbocycles. The lowest BCUT2D eigenvalue weighted by atomic mass is 10.2. The molecule has 1 aromatic rings. The zero-order valence-electron chi connectivity index (χ0n) is 9.07. The van der Waals surface area contributed by atoms with Gasteiger partial charge >= 0.3 is 0 Å². The van der Waals surface area contributed by atoms with Gasteiger partial charge in [0.05, 0.1) is 6.61 Å². The van der Waals surface area contributed by atoms with Gasteiger partial charge in [-0.25, -0.2) is 4.98 Å². The van der Waals surface area contributed by atoms with Crippen LogP contribution in [0.4, 0.5) is 0 Å². The number of hydrogen-bond acceptors (Lipinski definition) is 3. The Balaban J connectivity index is 2.34. The van der Waals surface area contributed by atoms with E-state index in [2.05, 4.69) is 18.0 Å². The summed E-state index contributed by atoms with van der Waals surface area (Å²) in [6.45, 7) is 3.41. The van der Waals surface area contributed by atoms with E-state index >= 15 is 0 Å². The highest BCUT2D eigenvalue weighted by Crippen LogP contribution is 2.06. The summed E-state index contributed by atoms with van der Waals surface area (Å²) in [5.74, 6) is 0. The Labute approximate surface area is 90.7 Å². The Hall–Kier alpha value is -1.40. The molecule has 0 unspecified atom stereocenters. The van der Waals surface area contributed by atoms with Crippen LogP contribution in [0.2, 0.25) is 0 Å². The van der Waals surface area contributed by atoms with Crippen LogP contribution in [0.1, 0.15) is 37.4 Å². The van der Waals surface area contributed by atoms with Gasteiger partial charge in [0.25, 0.3) is 0 Å². The van der Waals surface area contributed by atoms with Gasteiger partial charge in [0.1, 0.15) is 11.8 Å². The summed E-state index contributed by atoms with van der Waals surface area (Å²) < 4.78 is 5.47. The summed E-state index contributed by atoms with van der Waals surface area (Å²) in [5, 5.41) is 8.79. The molecule has 3 heteroatoms. The lowest BCUT2D eigenvalue weighted by Gasteiger charge is -2.04. The van der Waals surface area contributed by atoms with Crippen molar-refractivity contribution in [1.29, 1.82) is 5.26 Å². The summed E-state index contributed by atoms with van der Waals surface area (Å²) in [7, 11) is 0. The Kier molecular flexibility index (Phi) is 5.42. The van der Waals surface area contributed by atoms with E-state index in [0.29, 0.717) is 12.3 Å². The third-order valence-corrected chi connectivity index (χ3v) is 2.15. The molecule has 0 amide bonds. The second-order valence-corrected chi connectivity index (χ2v) is 3.38. The van der Waals surface area contributed by atoms with Crippen LogP contribution >= 0.6 is 0 Å². The zero-order valence-corrected chi connectivity index (χ0v) is 9.07. The van der Waals surface area contributed by atoms with Crippen molar-refractivity contribution in [2.24, 2.45) is 0 Å². The fourth-order valence-corrected chi connectivity index (χ4v) is 1.29. The van der Waals surface area contributed by atoms with Crippen LogP contribution in [-0.4, -0.2) is 11.6 Å². The van der Waals surface area contributed by atoms with Gasteiger partial charge in [-0.3, -0.25) is 0 Å². The second kappa shape index (κ2) is 6.97. The zero-order chi connectivity index (χ0) is 10.9. The molecule has 0 saturated heterocycles. The normalized spacial score (nSPS) is 9.87. The maximum Gasteiger partial charge on any atom is 0.145 e. The minimum Gasteiger partial charge on any atom is -0.377 e. The first-order valence-corrected chi connectivity index (χ1v) is 5.30. The van der Waals surface area contributed by atoms with Gasteiger partial charge in [0.15, 0.2) is 0 Å². The summed E-state index contributed by atoms with van der Waals surface area (Å²) in [4.78, 5) is 3.97. The minimum absolute atomic E-state index is 0.466. The van der Waals surface area contributed by atoms with Gasteiger partial charge < -0.3 is 4.74 Å². The lowest BCUT2D eigenvalue weighted by Crippen LogP contribution is -1.99. The van der Waals surface area contributed by atoms with Gasteiger partial charge in [-0.2, -0.15) is 5.26 Å². The Bertz CT molecular complexity index is 331. The third kappa shape index (κ3) is 4.09. The monoisotopic (exact) mass is 204 g/mol. The third-order valence-electron chi connectivity index (χ3n) is 2.15. The molecule has 3 nitrogen and oxygen atoms in total. The van der Waals surface area contributed by atoms with E-state index in [4.69, 9.17) is 10.00 Å². The molecule has 1 rings (SSSR count). The number of aromatic nitrogens is 1. The molecule has 0 aliphatic rings. The van der Waals surface area contributed by atoms with Crippen molar-refractivity contribution < 1.29 is 4.74 Å². The molecular weight excluding hydrogens is 188 g/mol. The Morgan fingerprint density at radius 3 is 3.07 bits per heavy atom. The van der Waals surface area contributed by atoms with Gasteiger partial charge in [-0.15, -0.1) is 0 Å². The molecule has 0 fully saturated rings. The number of pyridine rings is 1. The van der Waals surface area contributed by atoms with Gasteiger partial charge in [0, 0.05) is 18.4 Å². The standard InChI is InChI=1S/C12H16N2O/c1-2-3-4-8-15-10-11-6-5-7-14-12(11)9-13/h5-7H,2-4,8,10H2,1H3. The van der Waals surface area contributed by atoms with Crippen molar-refractivity contribution in [3.05, 3.63) is 29.6 Å². The molecule has 0 radical (unpaired) electrons. The second-order valence-electron chi connectivity index (χ2n) is 3.38. The highest BCUT2D eigenvalue weighted by atomic mass is 16.5. The van der Waals surface area contributed by atoms with Crippen molar-refractivity contribution in [3.8, 4) is 6.07 Å². The van der Waals surface area contributed by atoms with Crippen LogP contribution in [0.5, 0.6) is 0 Å². The molecule has 15 heavy (non-hydrogen) atoms. The van der Waals surface area contributed by atoms with Crippen molar-refractivity contribution in [2.45, 2.75) is 32.8 Å². The average Bonchev–Trinajstić information content (AvgIpc) is 2.29. The Morgan fingerprint density at radius 1 is 1.47 bits per heavy atom. The summed E-state index contributed by atoms with van der Waals surface area (Å²) in [6.07, 6.45) is 5.09. The molecule has 1 aromatic heterocycles. The predicted octanol–water partition coefficient (Wildman–Crippen LogP) is 2.66. The maximum absolute atomic E-state index is 8.79. The molecule has 0 N–H and O–H groups in total. The largest absolute Gasteiger partial charge is 0.377 e. The van der Waals surface area contributed by atoms with E-state index in [9.17, 15) is 0 Å². The van der Waals surface area contributed by atoms with Crippen molar-refractivity contribution >= 4 is 0 Å². The molecule has 0 aliphatic heterocycles. The van der Waals surface area contributed by atoms with E-state index in [1.807, 2.05) is 12.1 Å². The lowest BCUT2D eigenvalue weighted by molar-refractivity contribution is 0.116. The Morgan fingerprint density at radius 2 is 2.33 bits per heavy atom. The van der Waals surface area contributed by atoms with Crippen molar-refractivity contribution in [3.63, 3.8) is 0 Å². The van der Waals surface area contributed by atoms with Crippen LogP contribution < -0.4 is 0 Å². The highest BCUT2D eigenvalue weighted by molar-refractivity contribution is 5.29. The molecule has 80 valence electrons. The fraction of sp³-hybridized carbons (Fsp3) is 0.500. The molecule has 0 aliphatic carbocycles. The van der Waals surface area contributed by atoms with Crippen LogP contribution in [-0.2, 0) is 11.3 Å². The van der Waals surface area contributed by atoms with Crippen LogP contribution in [0.25, 0.3) is 0 Å². The van der Waals surface area contributed by atoms with Crippen LogP contribution in [0.15, 0.2) is 18.3 Å². The average molecular weight is 204 g/mol. The number of hydrogen-bond donors (Lipinski definition) is 0. The summed E-state index contributed by atoms with van der Waals surface area (Å²) >= 11 is 0. The topological polar surface area (TPSA) is 45.9 Å². The molecule has 0 aromatic carbocycles. The highest BCUT2D eigenvalue weighted by Gasteiger charge is 2.01. The van der Waals surface area contributed by atoms with Crippen molar-refractivity contribution in [1.82, 2.24) is 4.98 Å². The SMILES string of the molecule is CCCCCOCc1cccnc1C#N. The first-order valence-electron chi connectivity index (χ1n) is 5.30. The smallest absolute Gasteiger partial charge is 0.145 e. The van der Waals surface area contributed by atoms with Crippen LogP contribution in [0.3, 0.4) is 0 Å². The van der Waals surface area contributed by atoms with Gasteiger partial charge in [0.2, 0.25) is 0 Å². The first-order chi connectivity index (χ1) is 7.38. The number of rotatable bonds is 6. The summed E-state index contributed by atoms with van der Waals surface area (Å²) in [6, 6.07) is 5.76. The number of ether oxygens (including phenoxy) is 1. The molecular formula is C12H16N2O. The predicted molar refractivity (Wildman–Crippen MR) is 58.1 cm³/mol. The molecule has 1 heterocycles.